The third-order valence-electron chi connectivity index (χ3n) is 3.73. The summed E-state index contributed by atoms with van der Waals surface area (Å²) >= 11 is 0. The molecule has 0 fully saturated rings. The Kier molecular flexibility index (Phi) is 4.37. The van der Waals surface area contributed by atoms with Crippen molar-refractivity contribution in [2.45, 2.75) is 19.4 Å². The molecule has 8 nitrogen and oxygen atoms in total. The molecule has 0 saturated heterocycles. The van der Waals surface area contributed by atoms with Crippen LogP contribution in [0, 0.1) is 0 Å². The Labute approximate surface area is 144 Å². The Balaban J connectivity index is 2.15. The summed E-state index contributed by atoms with van der Waals surface area (Å²) in [6, 6.07) is 3.62. The molecule has 3 aromatic heterocycles. The van der Waals surface area contributed by atoms with Crippen LogP contribution in [-0.2, 0) is 7.05 Å². The number of nitrogens with zero attached hydrogens (tertiary/aromatic N) is 4. The maximum Gasteiger partial charge on any atom is 0.261 e. The Morgan fingerprint density at radius 2 is 2.08 bits per heavy atom. The van der Waals surface area contributed by atoms with E-state index in [1.807, 2.05) is 19.9 Å². The van der Waals surface area contributed by atoms with Crippen molar-refractivity contribution in [2.24, 2.45) is 7.05 Å². The number of nitrogens with one attached hydrogen (secondary N) is 2. The number of aromatic nitrogens is 4. The maximum atomic E-state index is 12.6. The lowest BCUT2D eigenvalue weighted by Gasteiger charge is -2.25. The van der Waals surface area contributed by atoms with Crippen LogP contribution in [0.3, 0.4) is 0 Å². The molecule has 3 aromatic rings. The van der Waals surface area contributed by atoms with Gasteiger partial charge in [0.2, 0.25) is 0 Å². The molecule has 0 amide bonds. The van der Waals surface area contributed by atoms with E-state index in [4.69, 9.17) is 0 Å². The number of hydrogen-bond acceptors (Lipinski definition) is 7. The number of aliphatic hydroxyl groups is 1. The van der Waals surface area contributed by atoms with Crippen LogP contribution in [0.2, 0.25) is 0 Å². The summed E-state index contributed by atoms with van der Waals surface area (Å²) in [6.45, 7) is 3.55. The molecule has 0 saturated carbocycles. The fourth-order valence-corrected chi connectivity index (χ4v) is 2.37. The third-order valence-corrected chi connectivity index (χ3v) is 3.73. The highest BCUT2D eigenvalue weighted by Crippen LogP contribution is 2.25. The number of hydrogen-bond donors (Lipinski definition) is 3. The lowest BCUT2D eigenvalue weighted by Crippen LogP contribution is -2.36. The van der Waals surface area contributed by atoms with Gasteiger partial charge in [0.15, 0.2) is 0 Å². The lowest BCUT2D eigenvalue weighted by molar-refractivity contribution is 0.234. The second-order valence-corrected chi connectivity index (χ2v) is 6.43. The van der Waals surface area contributed by atoms with E-state index in [2.05, 4.69) is 25.6 Å². The van der Waals surface area contributed by atoms with Crippen molar-refractivity contribution in [3.63, 3.8) is 0 Å². The van der Waals surface area contributed by atoms with Crippen LogP contribution in [0.25, 0.3) is 10.8 Å². The van der Waals surface area contributed by atoms with Gasteiger partial charge in [-0.05, 0) is 31.4 Å². The second kappa shape index (κ2) is 6.48. The topological polar surface area (TPSA) is 105 Å². The van der Waals surface area contributed by atoms with Crippen LogP contribution in [-0.4, -0.2) is 36.8 Å². The number of anilines is 3. The van der Waals surface area contributed by atoms with Crippen molar-refractivity contribution in [3.8, 4) is 0 Å². The Bertz CT molecular complexity index is 953. The van der Waals surface area contributed by atoms with Crippen LogP contribution in [0.1, 0.15) is 13.8 Å². The van der Waals surface area contributed by atoms with Gasteiger partial charge in [-0.3, -0.25) is 9.78 Å². The number of pyridine rings is 2. The average molecular weight is 340 g/mol. The lowest BCUT2D eigenvalue weighted by atomic mass is 10.1. The minimum Gasteiger partial charge on any atom is -0.394 e. The molecule has 3 rings (SSSR count). The fraction of sp³-hybridized carbons (Fsp3) is 0.294. The number of aryl methyl sites for hydroxylation is 1. The minimum atomic E-state index is -0.633. The summed E-state index contributed by atoms with van der Waals surface area (Å²) in [6.07, 6.45) is 6.45. The summed E-state index contributed by atoms with van der Waals surface area (Å²) in [5, 5.41) is 17.0. The normalized spacial score (nSPS) is 11.5. The fourth-order valence-electron chi connectivity index (χ4n) is 2.37. The Morgan fingerprint density at radius 1 is 1.28 bits per heavy atom. The molecule has 0 spiro atoms. The molecular formula is C17H20N6O2. The van der Waals surface area contributed by atoms with Gasteiger partial charge in [-0.2, -0.15) is 0 Å². The van der Waals surface area contributed by atoms with Crippen molar-refractivity contribution in [3.05, 3.63) is 47.3 Å². The van der Waals surface area contributed by atoms with Gasteiger partial charge in [-0.25, -0.2) is 9.97 Å². The molecule has 0 aliphatic heterocycles. The van der Waals surface area contributed by atoms with Crippen molar-refractivity contribution in [1.29, 1.82) is 0 Å². The Morgan fingerprint density at radius 3 is 2.76 bits per heavy atom. The van der Waals surface area contributed by atoms with E-state index in [0.717, 1.165) is 5.39 Å². The highest BCUT2D eigenvalue weighted by Gasteiger charge is 2.20. The Hall–Kier alpha value is -3.00. The summed E-state index contributed by atoms with van der Waals surface area (Å²) < 4.78 is 1.50. The molecule has 0 aromatic carbocycles. The molecule has 0 atom stereocenters. The molecule has 0 aliphatic carbocycles. The summed E-state index contributed by atoms with van der Waals surface area (Å²) in [7, 11) is 1.69. The third kappa shape index (κ3) is 3.58. The highest BCUT2D eigenvalue weighted by molar-refractivity contribution is 5.93. The standard InChI is InChI=1S/C17H20N6O2/c1-17(2,10-24)22-15-14-11(4-7-23(3)16(14)25)8-12(21-15)20-13-9-18-5-6-19-13/h4-9,24H,10H2,1-3H3,(H2,19,20,21,22). The molecule has 3 N–H and O–H groups in total. The van der Waals surface area contributed by atoms with Gasteiger partial charge < -0.3 is 20.3 Å². The number of fused-ring (bicyclic) bond motifs is 1. The quantitative estimate of drug-likeness (QED) is 0.648. The van der Waals surface area contributed by atoms with E-state index >= 15 is 0 Å². The van der Waals surface area contributed by atoms with E-state index in [1.54, 1.807) is 37.9 Å². The van der Waals surface area contributed by atoms with Gasteiger partial charge in [0, 0.05) is 25.6 Å². The largest absolute Gasteiger partial charge is 0.394 e. The average Bonchev–Trinajstić information content (AvgIpc) is 2.59. The zero-order valence-corrected chi connectivity index (χ0v) is 14.3. The van der Waals surface area contributed by atoms with Gasteiger partial charge >= 0.3 is 0 Å². The SMILES string of the molecule is Cn1ccc2cc(Nc3cnccn3)nc(NC(C)(C)CO)c2c1=O. The number of aliphatic hydroxyl groups excluding tert-OH is 1. The molecule has 3 heterocycles. The molecule has 8 heteroatoms. The van der Waals surface area contributed by atoms with Gasteiger partial charge in [-0.15, -0.1) is 0 Å². The molecular weight excluding hydrogens is 320 g/mol. The molecule has 0 unspecified atom stereocenters. The maximum absolute atomic E-state index is 12.6. The predicted octanol–water partition coefficient (Wildman–Crippen LogP) is 1.65. The van der Waals surface area contributed by atoms with Gasteiger partial charge in [0.1, 0.15) is 17.5 Å². The van der Waals surface area contributed by atoms with Crippen LogP contribution >= 0.6 is 0 Å². The van der Waals surface area contributed by atoms with E-state index in [9.17, 15) is 9.90 Å². The van der Waals surface area contributed by atoms with E-state index in [-0.39, 0.29) is 12.2 Å². The zero-order chi connectivity index (χ0) is 18.0. The van der Waals surface area contributed by atoms with Gasteiger partial charge in [0.05, 0.1) is 23.7 Å². The van der Waals surface area contributed by atoms with Crippen molar-refractivity contribution < 1.29 is 5.11 Å². The van der Waals surface area contributed by atoms with E-state index in [1.165, 1.54) is 4.57 Å². The van der Waals surface area contributed by atoms with Gasteiger partial charge in [-0.1, -0.05) is 0 Å². The van der Waals surface area contributed by atoms with Crippen molar-refractivity contribution >= 4 is 28.2 Å². The first-order valence-electron chi connectivity index (χ1n) is 7.82. The first-order valence-corrected chi connectivity index (χ1v) is 7.82. The molecule has 0 bridgehead atoms. The number of rotatable bonds is 5. The van der Waals surface area contributed by atoms with Crippen molar-refractivity contribution in [1.82, 2.24) is 19.5 Å². The molecule has 25 heavy (non-hydrogen) atoms. The smallest absolute Gasteiger partial charge is 0.261 e. The molecule has 130 valence electrons. The molecule has 0 radical (unpaired) electrons. The zero-order valence-electron chi connectivity index (χ0n) is 14.3. The van der Waals surface area contributed by atoms with Crippen LogP contribution in [0.15, 0.2) is 41.7 Å². The van der Waals surface area contributed by atoms with Crippen LogP contribution in [0.4, 0.5) is 17.5 Å². The van der Waals surface area contributed by atoms with Crippen LogP contribution in [0.5, 0.6) is 0 Å². The van der Waals surface area contributed by atoms with E-state index < -0.39 is 5.54 Å². The second-order valence-electron chi connectivity index (χ2n) is 6.43. The monoisotopic (exact) mass is 340 g/mol. The van der Waals surface area contributed by atoms with E-state index in [0.29, 0.717) is 22.8 Å². The summed E-state index contributed by atoms with van der Waals surface area (Å²) in [5.74, 6) is 1.48. The summed E-state index contributed by atoms with van der Waals surface area (Å²) in [4.78, 5) is 25.3. The first-order chi connectivity index (χ1) is 11.9. The van der Waals surface area contributed by atoms with Crippen LogP contribution < -0.4 is 16.2 Å². The minimum absolute atomic E-state index is 0.106. The van der Waals surface area contributed by atoms with Gasteiger partial charge in [0.25, 0.3) is 5.56 Å². The van der Waals surface area contributed by atoms with Crippen molar-refractivity contribution in [2.75, 3.05) is 17.2 Å². The highest BCUT2D eigenvalue weighted by atomic mass is 16.3. The first kappa shape index (κ1) is 16.8. The predicted molar refractivity (Wildman–Crippen MR) is 97.1 cm³/mol. The summed E-state index contributed by atoms with van der Waals surface area (Å²) in [5.41, 5.74) is -0.793. The molecule has 0 aliphatic rings.